The Morgan fingerprint density at radius 1 is 1.33 bits per heavy atom. The highest BCUT2D eigenvalue weighted by Crippen LogP contribution is 2.25. The number of ether oxygens (including phenoxy) is 2. The van der Waals surface area contributed by atoms with E-state index in [1.807, 2.05) is 25.1 Å². The monoisotopic (exact) mass is 227 g/mol. The molecular formula is C11H17NO2S. The standard InChI is InChI=1S/C11H17NO2S/c1-8-6-9(12)4-5-10(8)15-7-11(13-2)14-3/h4-6,11H,7,12H2,1-3H3. The Hall–Kier alpha value is -0.710. The van der Waals surface area contributed by atoms with Gasteiger partial charge in [-0.1, -0.05) is 0 Å². The van der Waals surface area contributed by atoms with Crippen LogP contribution in [0.3, 0.4) is 0 Å². The second kappa shape index (κ2) is 6.00. The van der Waals surface area contributed by atoms with Gasteiger partial charge in [0.15, 0.2) is 6.29 Å². The van der Waals surface area contributed by atoms with Gasteiger partial charge in [0, 0.05) is 30.6 Å². The summed E-state index contributed by atoms with van der Waals surface area (Å²) < 4.78 is 10.2. The van der Waals surface area contributed by atoms with E-state index in [1.165, 1.54) is 10.5 Å². The van der Waals surface area contributed by atoms with Crippen molar-refractivity contribution in [1.82, 2.24) is 0 Å². The molecule has 0 aromatic heterocycles. The average molecular weight is 227 g/mol. The number of aryl methyl sites for hydroxylation is 1. The molecule has 0 bridgehead atoms. The van der Waals surface area contributed by atoms with Crippen LogP contribution in [-0.4, -0.2) is 26.3 Å². The molecule has 0 aliphatic heterocycles. The Kier molecular flexibility index (Phi) is 4.94. The minimum absolute atomic E-state index is 0.160. The summed E-state index contributed by atoms with van der Waals surface area (Å²) in [6.45, 7) is 2.05. The molecule has 0 atom stereocenters. The van der Waals surface area contributed by atoms with Crippen LogP contribution in [0.4, 0.5) is 5.69 Å². The van der Waals surface area contributed by atoms with Gasteiger partial charge >= 0.3 is 0 Å². The van der Waals surface area contributed by atoms with Crippen LogP contribution in [0.1, 0.15) is 5.56 Å². The number of benzene rings is 1. The number of rotatable bonds is 5. The zero-order valence-electron chi connectivity index (χ0n) is 9.32. The Bertz CT molecular complexity index is 313. The number of nitrogens with two attached hydrogens (primary N) is 1. The highest BCUT2D eigenvalue weighted by atomic mass is 32.2. The number of nitrogen functional groups attached to an aromatic ring is 1. The van der Waals surface area contributed by atoms with Gasteiger partial charge in [-0.05, 0) is 30.7 Å². The fourth-order valence-electron chi connectivity index (χ4n) is 1.22. The smallest absolute Gasteiger partial charge is 0.166 e. The maximum Gasteiger partial charge on any atom is 0.166 e. The SMILES string of the molecule is COC(CSc1ccc(N)cc1C)OC. The molecular weight excluding hydrogens is 210 g/mol. The third-order valence-corrected chi connectivity index (χ3v) is 3.31. The van der Waals surface area contributed by atoms with Crippen molar-refractivity contribution in [2.45, 2.75) is 18.1 Å². The van der Waals surface area contributed by atoms with Gasteiger partial charge in [-0.25, -0.2) is 0 Å². The van der Waals surface area contributed by atoms with Crippen LogP contribution in [0.15, 0.2) is 23.1 Å². The van der Waals surface area contributed by atoms with E-state index >= 15 is 0 Å². The van der Waals surface area contributed by atoms with Crippen molar-refractivity contribution in [2.75, 3.05) is 25.7 Å². The van der Waals surface area contributed by atoms with Gasteiger partial charge in [-0.3, -0.25) is 0 Å². The second-order valence-corrected chi connectivity index (χ2v) is 4.30. The minimum Gasteiger partial charge on any atom is -0.399 e. The highest BCUT2D eigenvalue weighted by Gasteiger charge is 2.07. The molecule has 0 saturated carbocycles. The third-order valence-electron chi connectivity index (χ3n) is 2.10. The predicted octanol–water partition coefficient (Wildman–Crippen LogP) is 2.29. The summed E-state index contributed by atoms with van der Waals surface area (Å²) in [7, 11) is 3.29. The van der Waals surface area contributed by atoms with Crippen molar-refractivity contribution in [3.05, 3.63) is 23.8 Å². The van der Waals surface area contributed by atoms with Gasteiger partial charge in [-0.2, -0.15) is 0 Å². The molecule has 84 valence electrons. The molecule has 0 spiro atoms. The van der Waals surface area contributed by atoms with Crippen LogP contribution in [-0.2, 0) is 9.47 Å². The van der Waals surface area contributed by atoms with Crippen molar-refractivity contribution in [3.8, 4) is 0 Å². The predicted molar refractivity (Wildman–Crippen MR) is 64.1 cm³/mol. The Morgan fingerprint density at radius 3 is 2.53 bits per heavy atom. The molecule has 0 aliphatic carbocycles. The third kappa shape index (κ3) is 3.74. The fourth-order valence-corrected chi connectivity index (χ4v) is 2.26. The molecule has 0 radical (unpaired) electrons. The molecule has 2 N–H and O–H groups in total. The van der Waals surface area contributed by atoms with Gasteiger partial charge in [-0.15, -0.1) is 11.8 Å². The van der Waals surface area contributed by atoms with Gasteiger partial charge < -0.3 is 15.2 Å². The molecule has 0 heterocycles. The van der Waals surface area contributed by atoms with Crippen molar-refractivity contribution in [1.29, 1.82) is 0 Å². The van der Waals surface area contributed by atoms with Crippen LogP contribution in [0.2, 0.25) is 0 Å². The first-order valence-corrected chi connectivity index (χ1v) is 5.70. The number of methoxy groups -OCH3 is 2. The van der Waals surface area contributed by atoms with Gasteiger partial charge in [0.2, 0.25) is 0 Å². The second-order valence-electron chi connectivity index (χ2n) is 3.24. The van der Waals surface area contributed by atoms with E-state index in [1.54, 1.807) is 26.0 Å². The minimum atomic E-state index is -0.160. The molecule has 1 aromatic carbocycles. The van der Waals surface area contributed by atoms with Crippen LogP contribution in [0.5, 0.6) is 0 Å². The Morgan fingerprint density at radius 2 is 2.00 bits per heavy atom. The zero-order chi connectivity index (χ0) is 11.3. The van der Waals surface area contributed by atoms with Crippen LogP contribution in [0.25, 0.3) is 0 Å². The number of hydrogen-bond donors (Lipinski definition) is 1. The van der Waals surface area contributed by atoms with Crippen molar-refractivity contribution in [2.24, 2.45) is 0 Å². The quantitative estimate of drug-likeness (QED) is 0.476. The van der Waals surface area contributed by atoms with E-state index in [4.69, 9.17) is 15.2 Å². The lowest BCUT2D eigenvalue weighted by atomic mass is 10.2. The van der Waals surface area contributed by atoms with E-state index in [9.17, 15) is 0 Å². The summed E-state index contributed by atoms with van der Waals surface area (Å²) >= 11 is 1.71. The molecule has 0 aliphatic rings. The summed E-state index contributed by atoms with van der Waals surface area (Å²) in [5, 5.41) is 0. The average Bonchev–Trinajstić information content (AvgIpc) is 2.22. The molecule has 1 rings (SSSR count). The first kappa shape index (κ1) is 12.4. The molecule has 1 aromatic rings. The van der Waals surface area contributed by atoms with E-state index in [0.717, 1.165) is 11.4 Å². The summed E-state index contributed by atoms with van der Waals surface area (Å²) in [5.41, 5.74) is 7.66. The summed E-state index contributed by atoms with van der Waals surface area (Å²) in [6, 6.07) is 5.90. The molecule has 3 nitrogen and oxygen atoms in total. The van der Waals surface area contributed by atoms with Crippen LogP contribution >= 0.6 is 11.8 Å². The zero-order valence-corrected chi connectivity index (χ0v) is 10.1. The fraction of sp³-hybridized carbons (Fsp3) is 0.455. The highest BCUT2D eigenvalue weighted by molar-refractivity contribution is 7.99. The van der Waals surface area contributed by atoms with E-state index < -0.39 is 0 Å². The topological polar surface area (TPSA) is 44.5 Å². The summed E-state index contributed by atoms with van der Waals surface area (Å²) in [5.74, 6) is 0.776. The Labute approximate surface area is 94.9 Å². The first-order chi connectivity index (χ1) is 7.17. The van der Waals surface area contributed by atoms with Crippen molar-refractivity contribution < 1.29 is 9.47 Å². The van der Waals surface area contributed by atoms with E-state index in [0.29, 0.717) is 0 Å². The van der Waals surface area contributed by atoms with Gasteiger partial charge in [0.25, 0.3) is 0 Å². The lowest BCUT2D eigenvalue weighted by Gasteiger charge is -2.13. The molecule has 0 fully saturated rings. The summed E-state index contributed by atoms with van der Waals surface area (Å²) in [6.07, 6.45) is -0.160. The van der Waals surface area contributed by atoms with Crippen LogP contribution in [0, 0.1) is 6.92 Å². The maximum absolute atomic E-state index is 5.68. The molecule has 15 heavy (non-hydrogen) atoms. The van der Waals surface area contributed by atoms with Gasteiger partial charge in [0.05, 0.1) is 0 Å². The van der Waals surface area contributed by atoms with Crippen LogP contribution < -0.4 is 5.73 Å². The lowest BCUT2D eigenvalue weighted by molar-refractivity contribution is -0.0842. The molecule has 0 saturated heterocycles. The van der Waals surface area contributed by atoms with E-state index in [2.05, 4.69) is 0 Å². The normalized spacial score (nSPS) is 10.9. The Balaban J connectivity index is 2.57. The summed E-state index contributed by atoms with van der Waals surface area (Å²) in [4.78, 5) is 1.21. The first-order valence-electron chi connectivity index (χ1n) is 4.72. The van der Waals surface area contributed by atoms with Gasteiger partial charge in [0.1, 0.15) is 0 Å². The van der Waals surface area contributed by atoms with Crippen molar-refractivity contribution in [3.63, 3.8) is 0 Å². The van der Waals surface area contributed by atoms with Crippen molar-refractivity contribution >= 4 is 17.4 Å². The molecule has 0 unspecified atom stereocenters. The number of thioether (sulfide) groups is 1. The number of anilines is 1. The largest absolute Gasteiger partial charge is 0.399 e. The maximum atomic E-state index is 5.68. The molecule has 4 heteroatoms. The lowest BCUT2D eigenvalue weighted by Crippen LogP contribution is -2.15. The number of hydrogen-bond acceptors (Lipinski definition) is 4. The van der Waals surface area contributed by atoms with E-state index in [-0.39, 0.29) is 6.29 Å². The molecule has 0 amide bonds.